The summed E-state index contributed by atoms with van der Waals surface area (Å²) in [7, 11) is 1.11. The zero-order valence-electron chi connectivity index (χ0n) is 13.4. The standard InChI is InChI=1S/C17H12F3N3O3/c1-26-16(24)11-6-5-10(7-15(11)20)23-17(25)22(9-21-23)8-12-13(18)3-2-4-14(12)19/h2-7,9H,8H2,1H3. The van der Waals surface area contributed by atoms with Gasteiger partial charge in [0.05, 0.1) is 24.9 Å². The maximum absolute atomic E-state index is 14.0. The van der Waals surface area contributed by atoms with Crippen LogP contribution in [0.1, 0.15) is 15.9 Å². The Morgan fingerprint density at radius 3 is 2.42 bits per heavy atom. The smallest absolute Gasteiger partial charge is 0.350 e. The number of halogens is 3. The highest BCUT2D eigenvalue weighted by atomic mass is 19.1. The van der Waals surface area contributed by atoms with Crippen molar-refractivity contribution in [1.29, 1.82) is 0 Å². The Balaban J connectivity index is 1.96. The van der Waals surface area contributed by atoms with Crippen LogP contribution in [0.15, 0.2) is 47.5 Å². The first-order valence-electron chi connectivity index (χ1n) is 7.38. The van der Waals surface area contributed by atoms with Crippen LogP contribution in [0.4, 0.5) is 13.2 Å². The molecule has 134 valence electrons. The Hall–Kier alpha value is -3.36. The fourth-order valence-corrected chi connectivity index (χ4v) is 2.38. The third-order valence-corrected chi connectivity index (χ3v) is 3.73. The zero-order valence-corrected chi connectivity index (χ0v) is 13.4. The molecule has 0 saturated carbocycles. The van der Waals surface area contributed by atoms with Crippen LogP contribution in [0.5, 0.6) is 0 Å². The van der Waals surface area contributed by atoms with Gasteiger partial charge in [-0.3, -0.25) is 4.57 Å². The normalized spacial score (nSPS) is 10.8. The molecule has 0 radical (unpaired) electrons. The molecular weight excluding hydrogens is 351 g/mol. The van der Waals surface area contributed by atoms with Crippen molar-refractivity contribution >= 4 is 5.97 Å². The first kappa shape index (κ1) is 17.5. The summed E-state index contributed by atoms with van der Waals surface area (Å²) in [6, 6.07) is 6.76. The summed E-state index contributed by atoms with van der Waals surface area (Å²) in [4.78, 5) is 23.8. The van der Waals surface area contributed by atoms with Gasteiger partial charge in [-0.2, -0.15) is 9.78 Å². The maximum Gasteiger partial charge on any atom is 0.350 e. The summed E-state index contributed by atoms with van der Waals surface area (Å²) in [6.45, 7) is -0.375. The van der Waals surface area contributed by atoms with Crippen LogP contribution in [0, 0.1) is 17.5 Å². The number of hydrogen-bond donors (Lipinski definition) is 0. The third-order valence-electron chi connectivity index (χ3n) is 3.73. The van der Waals surface area contributed by atoms with Crippen LogP contribution >= 0.6 is 0 Å². The van der Waals surface area contributed by atoms with Gasteiger partial charge in [0.1, 0.15) is 23.8 Å². The summed E-state index contributed by atoms with van der Waals surface area (Å²) in [5, 5.41) is 3.82. The van der Waals surface area contributed by atoms with Crippen LogP contribution in [0.3, 0.4) is 0 Å². The SMILES string of the molecule is COC(=O)c1ccc(-n2ncn(Cc3c(F)cccc3F)c2=O)cc1F. The number of ether oxygens (including phenoxy) is 1. The lowest BCUT2D eigenvalue weighted by molar-refractivity contribution is 0.0595. The number of aromatic nitrogens is 3. The van der Waals surface area contributed by atoms with E-state index in [9.17, 15) is 22.8 Å². The van der Waals surface area contributed by atoms with Gasteiger partial charge in [0.25, 0.3) is 0 Å². The second kappa shape index (κ2) is 6.87. The number of hydrogen-bond acceptors (Lipinski definition) is 4. The largest absolute Gasteiger partial charge is 0.465 e. The molecule has 26 heavy (non-hydrogen) atoms. The molecule has 6 nitrogen and oxygen atoms in total. The summed E-state index contributed by atoms with van der Waals surface area (Å²) < 4.78 is 47.7. The highest BCUT2D eigenvalue weighted by Gasteiger charge is 2.16. The van der Waals surface area contributed by atoms with Crippen molar-refractivity contribution in [3.05, 3.63) is 81.8 Å². The Morgan fingerprint density at radius 2 is 1.81 bits per heavy atom. The van der Waals surface area contributed by atoms with Crippen molar-refractivity contribution in [2.24, 2.45) is 0 Å². The lowest BCUT2D eigenvalue weighted by Gasteiger charge is -2.05. The van der Waals surface area contributed by atoms with Crippen LogP contribution < -0.4 is 5.69 Å². The lowest BCUT2D eigenvalue weighted by atomic mass is 10.2. The molecule has 0 saturated heterocycles. The number of methoxy groups -OCH3 is 1. The average Bonchev–Trinajstić information content (AvgIpc) is 2.98. The van der Waals surface area contributed by atoms with Gasteiger partial charge in [0, 0.05) is 11.6 Å². The fourth-order valence-electron chi connectivity index (χ4n) is 2.38. The van der Waals surface area contributed by atoms with Crippen LogP contribution in [-0.4, -0.2) is 27.4 Å². The minimum Gasteiger partial charge on any atom is -0.465 e. The van der Waals surface area contributed by atoms with E-state index in [4.69, 9.17) is 0 Å². The molecule has 0 N–H and O–H groups in total. The van der Waals surface area contributed by atoms with E-state index in [1.807, 2.05) is 0 Å². The van der Waals surface area contributed by atoms with E-state index in [1.54, 1.807) is 0 Å². The number of nitrogens with zero attached hydrogens (tertiary/aromatic N) is 3. The van der Waals surface area contributed by atoms with Gasteiger partial charge >= 0.3 is 11.7 Å². The molecule has 3 aromatic rings. The van der Waals surface area contributed by atoms with E-state index < -0.39 is 29.1 Å². The Kier molecular flexibility index (Phi) is 4.61. The lowest BCUT2D eigenvalue weighted by Crippen LogP contribution is -2.25. The predicted molar refractivity (Wildman–Crippen MR) is 84.6 cm³/mol. The van der Waals surface area contributed by atoms with E-state index in [-0.39, 0.29) is 23.4 Å². The van der Waals surface area contributed by atoms with Crippen molar-refractivity contribution in [3.8, 4) is 5.69 Å². The highest BCUT2D eigenvalue weighted by Crippen LogP contribution is 2.15. The summed E-state index contributed by atoms with van der Waals surface area (Å²) >= 11 is 0. The van der Waals surface area contributed by atoms with E-state index >= 15 is 0 Å². The van der Waals surface area contributed by atoms with Gasteiger partial charge in [-0.25, -0.2) is 22.8 Å². The van der Waals surface area contributed by atoms with E-state index in [0.717, 1.165) is 47.0 Å². The van der Waals surface area contributed by atoms with Crippen molar-refractivity contribution in [2.75, 3.05) is 7.11 Å². The van der Waals surface area contributed by atoms with E-state index in [0.29, 0.717) is 0 Å². The van der Waals surface area contributed by atoms with Gasteiger partial charge < -0.3 is 4.74 Å². The first-order chi connectivity index (χ1) is 12.4. The van der Waals surface area contributed by atoms with Crippen LogP contribution in [0.2, 0.25) is 0 Å². The summed E-state index contributed by atoms with van der Waals surface area (Å²) in [5.41, 5.74) is -1.26. The Morgan fingerprint density at radius 1 is 1.12 bits per heavy atom. The second-order valence-electron chi connectivity index (χ2n) is 5.31. The molecule has 2 aromatic carbocycles. The predicted octanol–water partition coefficient (Wildman–Crippen LogP) is 2.29. The molecule has 0 fully saturated rings. The van der Waals surface area contributed by atoms with Gasteiger partial charge in [-0.1, -0.05) is 6.07 Å². The topological polar surface area (TPSA) is 66.1 Å². The van der Waals surface area contributed by atoms with E-state index in [1.165, 1.54) is 12.1 Å². The number of carbonyl (C=O) groups excluding carboxylic acids is 1. The molecule has 0 aliphatic rings. The maximum atomic E-state index is 14.0. The number of benzene rings is 2. The van der Waals surface area contributed by atoms with Gasteiger partial charge in [-0.05, 0) is 24.3 Å². The number of esters is 1. The fraction of sp³-hybridized carbons (Fsp3) is 0.118. The monoisotopic (exact) mass is 363 g/mol. The molecule has 0 atom stereocenters. The molecule has 3 rings (SSSR count). The summed E-state index contributed by atoms with van der Waals surface area (Å²) in [6.07, 6.45) is 1.08. The van der Waals surface area contributed by atoms with Gasteiger partial charge in [-0.15, -0.1) is 0 Å². The van der Waals surface area contributed by atoms with E-state index in [2.05, 4.69) is 9.84 Å². The van der Waals surface area contributed by atoms with Crippen LogP contribution in [0.25, 0.3) is 5.69 Å². The minimum atomic E-state index is -0.893. The van der Waals surface area contributed by atoms with Crippen molar-refractivity contribution in [3.63, 3.8) is 0 Å². The average molecular weight is 363 g/mol. The molecule has 0 unspecified atom stereocenters. The molecular formula is C17H12F3N3O3. The zero-order chi connectivity index (χ0) is 18.8. The van der Waals surface area contributed by atoms with Crippen molar-refractivity contribution < 1.29 is 22.7 Å². The second-order valence-corrected chi connectivity index (χ2v) is 5.31. The number of carbonyl (C=O) groups is 1. The molecule has 9 heteroatoms. The Labute approximate surface area is 145 Å². The Bertz CT molecular complexity index is 1020. The van der Waals surface area contributed by atoms with Gasteiger partial charge in [0.2, 0.25) is 0 Å². The molecule has 0 aliphatic heterocycles. The highest BCUT2D eigenvalue weighted by molar-refractivity contribution is 5.89. The molecule has 1 heterocycles. The minimum absolute atomic E-state index is 0.0490. The molecule has 0 amide bonds. The molecule has 1 aromatic heterocycles. The first-order valence-corrected chi connectivity index (χ1v) is 7.38. The third kappa shape index (κ3) is 3.10. The number of rotatable bonds is 4. The molecule has 0 bridgehead atoms. The van der Waals surface area contributed by atoms with Crippen molar-refractivity contribution in [2.45, 2.75) is 6.54 Å². The molecule has 0 aliphatic carbocycles. The quantitative estimate of drug-likeness (QED) is 0.667. The van der Waals surface area contributed by atoms with Crippen molar-refractivity contribution in [1.82, 2.24) is 14.3 Å². The van der Waals surface area contributed by atoms with Gasteiger partial charge in [0.15, 0.2) is 0 Å². The summed E-state index contributed by atoms with van der Waals surface area (Å²) in [5.74, 6) is -3.34. The van der Waals surface area contributed by atoms with Crippen LogP contribution in [-0.2, 0) is 11.3 Å². The molecule has 0 spiro atoms.